The summed E-state index contributed by atoms with van der Waals surface area (Å²) in [5.74, 6) is -2.87. The molecule has 12 heteroatoms. The fourth-order valence-corrected chi connectivity index (χ4v) is 5.04. The van der Waals surface area contributed by atoms with Crippen LogP contribution >= 0.6 is 23.2 Å². The van der Waals surface area contributed by atoms with E-state index in [4.69, 9.17) is 23.2 Å². The quantitative estimate of drug-likeness (QED) is 0.371. The summed E-state index contributed by atoms with van der Waals surface area (Å²) in [5.41, 5.74) is 1.49. The maximum Gasteiger partial charge on any atom is 0.493 e. The molecule has 0 spiro atoms. The van der Waals surface area contributed by atoms with E-state index in [0.29, 0.717) is 35.7 Å². The molecule has 37 heavy (non-hydrogen) atoms. The van der Waals surface area contributed by atoms with Gasteiger partial charge in [0, 0.05) is 39.6 Å². The van der Waals surface area contributed by atoms with Gasteiger partial charge in [-0.1, -0.05) is 29.3 Å². The Morgan fingerprint density at radius 2 is 1.78 bits per heavy atom. The second-order valence-corrected chi connectivity index (χ2v) is 9.85. The molecule has 3 heterocycles. The zero-order valence-corrected chi connectivity index (χ0v) is 20.8. The molecule has 0 bridgehead atoms. The van der Waals surface area contributed by atoms with Crippen molar-refractivity contribution in [1.82, 2.24) is 19.6 Å². The second kappa shape index (κ2) is 10.00. The molecule has 1 aliphatic rings. The van der Waals surface area contributed by atoms with Gasteiger partial charge in [-0.3, -0.25) is 4.79 Å². The van der Waals surface area contributed by atoms with Crippen LogP contribution in [0.5, 0.6) is 0 Å². The predicted molar refractivity (Wildman–Crippen MR) is 134 cm³/mol. The molecule has 4 aromatic rings. The van der Waals surface area contributed by atoms with Gasteiger partial charge >= 0.3 is 12.1 Å². The van der Waals surface area contributed by atoms with Gasteiger partial charge in [-0.25, -0.2) is 9.78 Å². The highest BCUT2D eigenvalue weighted by molar-refractivity contribution is 6.31. The highest BCUT2D eigenvalue weighted by atomic mass is 35.5. The first-order chi connectivity index (χ1) is 17.6. The standard InChI is InChI=1S/C25H21Cl2F3N4O3/c26-16-2-4-20-19(11-16)23(35)34(37-24(36)25(28,29)30)22(32-20)14-5-8-33(9-6-14)10-7-15-13-31-21-12-17(27)1-3-18(15)21/h1-4,11-14,31H,5-10H2. The minimum absolute atomic E-state index is 0.00872. The summed E-state index contributed by atoms with van der Waals surface area (Å²) in [5, 5.41) is 1.94. The van der Waals surface area contributed by atoms with Crippen LogP contribution in [0.15, 0.2) is 47.4 Å². The van der Waals surface area contributed by atoms with Crippen molar-refractivity contribution in [3.8, 4) is 0 Å². The molecule has 1 N–H and O–H groups in total. The number of carbonyl (C=O) groups excluding carboxylic acids is 1. The average molecular weight is 553 g/mol. The van der Waals surface area contributed by atoms with Crippen LogP contribution in [-0.4, -0.2) is 51.4 Å². The maximum absolute atomic E-state index is 13.0. The van der Waals surface area contributed by atoms with Gasteiger partial charge in [-0.2, -0.15) is 13.2 Å². The van der Waals surface area contributed by atoms with Crippen LogP contribution in [0.2, 0.25) is 10.0 Å². The number of hydrogen-bond donors (Lipinski definition) is 1. The zero-order chi connectivity index (χ0) is 26.3. The summed E-state index contributed by atoms with van der Waals surface area (Å²) in [6, 6.07) is 10.0. The third-order valence-electron chi connectivity index (χ3n) is 6.60. The summed E-state index contributed by atoms with van der Waals surface area (Å²) in [6.45, 7) is 2.06. The molecule has 2 aromatic heterocycles. The number of carbonyl (C=O) groups is 1. The van der Waals surface area contributed by atoms with Crippen LogP contribution in [0.1, 0.15) is 30.1 Å². The molecule has 0 saturated carbocycles. The van der Waals surface area contributed by atoms with E-state index in [1.165, 1.54) is 18.2 Å². The number of halogens is 5. The van der Waals surface area contributed by atoms with E-state index in [-0.39, 0.29) is 27.7 Å². The van der Waals surface area contributed by atoms with Gasteiger partial charge in [0.1, 0.15) is 0 Å². The number of nitrogens with one attached hydrogen (secondary N) is 1. The molecule has 0 radical (unpaired) electrons. The predicted octanol–water partition coefficient (Wildman–Crippen LogP) is 5.12. The van der Waals surface area contributed by atoms with Gasteiger partial charge in [0.25, 0.3) is 5.56 Å². The van der Waals surface area contributed by atoms with E-state index >= 15 is 0 Å². The number of benzene rings is 2. The fourth-order valence-electron chi connectivity index (χ4n) is 4.70. The maximum atomic E-state index is 13.0. The lowest BCUT2D eigenvalue weighted by atomic mass is 9.95. The average Bonchev–Trinajstić information content (AvgIpc) is 3.26. The minimum atomic E-state index is -5.27. The summed E-state index contributed by atoms with van der Waals surface area (Å²) >= 11 is 12.0. The van der Waals surface area contributed by atoms with Crippen LogP contribution in [0, 0.1) is 0 Å². The Labute approximate surface area is 218 Å². The van der Waals surface area contributed by atoms with E-state index in [9.17, 15) is 22.8 Å². The monoisotopic (exact) mass is 552 g/mol. The first-order valence-electron chi connectivity index (χ1n) is 11.6. The molecule has 0 amide bonds. The third-order valence-corrected chi connectivity index (χ3v) is 7.07. The molecule has 0 aliphatic carbocycles. The van der Waals surface area contributed by atoms with Gasteiger partial charge in [0.2, 0.25) is 0 Å². The van der Waals surface area contributed by atoms with Crippen molar-refractivity contribution in [2.24, 2.45) is 0 Å². The number of likely N-dealkylation sites (tertiary alicyclic amines) is 1. The molecule has 0 atom stereocenters. The molecular formula is C25H21Cl2F3N4O3. The van der Waals surface area contributed by atoms with Crippen molar-refractivity contribution in [2.45, 2.75) is 31.4 Å². The number of nitrogens with zero attached hydrogens (tertiary/aromatic N) is 3. The van der Waals surface area contributed by atoms with Crippen molar-refractivity contribution in [3.05, 3.63) is 74.4 Å². The largest absolute Gasteiger partial charge is 0.493 e. The topological polar surface area (TPSA) is 80.2 Å². The summed E-state index contributed by atoms with van der Waals surface area (Å²) < 4.78 is 39.2. The van der Waals surface area contributed by atoms with E-state index in [1.54, 1.807) is 0 Å². The van der Waals surface area contributed by atoms with Crippen LogP contribution < -0.4 is 10.4 Å². The smallest absolute Gasteiger partial charge is 0.361 e. The SMILES string of the molecule is O=C(On1c(C2CCN(CCc3c[nH]c4cc(Cl)ccc34)CC2)nc2ccc(Cl)cc2c1=O)C(F)(F)F. The lowest BCUT2D eigenvalue weighted by molar-refractivity contribution is -0.200. The van der Waals surface area contributed by atoms with E-state index in [1.807, 2.05) is 24.4 Å². The normalized spacial score (nSPS) is 15.5. The highest BCUT2D eigenvalue weighted by Crippen LogP contribution is 2.29. The molecule has 7 nitrogen and oxygen atoms in total. The number of alkyl halides is 3. The van der Waals surface area contributed by atoms with E-state index in [2.05, 4.69) is 19.7 Å². The molecule has 1 aliphatic heterocycles. The van der Waals surface area contributed by atoms with Crippen LogP contribution in [-0.2, 0) is 11.2 Å². The van der Waals surface area contributed by atoms with Crippen molar-refractivity contribution in [1.29, 1.82) is 0 Å². The fraction of sp³-hybridized carbons (Fsp3) is 0.320. The number of hydrogen-bond acceptors (Lipinski definition) is 5. The number of piperidine rings is 1. The number of rotatable bonds is 5. The zero-order valence-electron chi connectivity index (χ0n) is 19.3. The van der Waals surface area contributed by atoms with Crippen molar-refractivity contribution >= 4 is 51.0 Å². The number of fused-ring (bicyclic) bond motifs is 2. The Bertz CT molecular complexity index is 1540. The van der Waals surface area contributed by atoms with Gasteiger partial charge < -0.3 is 14.7 Å². The number of aromatic nitrogens is 3. The first-order valence-corrected chi connectivity index (χ1v) is 12.4. The summed E-state index contributed by atoms with van der Waals surface area (Å²) in [6.07, 6.45) is -1.45. The Morgan fingerprint density at radius 3 is 2.51 bits per heavy atom. The van der Waals surface area contributed by atoms with Crippen LogP contribution in [0.4, 0.5) is 13.2 Å². The second-order valence-electron chi connectivity index (χ2n) is 8.98. The number of H-pyrrole nitrogens is 1. The third kappa shape index (κ3) is 5.32. The van der Waals surface area contributed by atoms with Gasteiger partial charge in [-0.05, 0) is 68.2 Å². The van der Waals surface area contributed by atoms with Crippen molar-refractivity contribution in [2.75, 3.05) is 19.6 Å². The first kappa shape index (κ1) is 25.6. The van der Waals surface area contributed by atoms with Gasteiger partial charge in [-0.15, -0.1) is 4.73 Å². The molecule has 1 fully saturated rings. The Balaban J connectivity index is 1.34. The van der Waals surface area contributed by atoms with Crippen molar-refractivity contribution in [3.63, 3.8) is 0 Å². The molecular weight excluding hydrogens is 532 g/mol. The van der Waals surface area contributed by atoms with E-state index in [0.717, 1.165) is 29.4 Å². The molecule has 1 saturated heterocycles. The lowest BCUT2D eigenvalue weighted by Crippen LogP contribution is -2.42. The van der Waals surface area contributed by atoms with Gasteiger partial charge in [0.05, 0.1) is 10.9 Å². The van der Waals surface area contributed by atoms with Crippen LogP contribution in [0.3, 0.4) is 0 Å². The minimum Gasteiger partial charge on any atom is -0.361 e. The Hall–Kier alpha value is -3.08. The summed E-state index contributed by atoms with van der Waals surface area (Å²) in [4.78, 5) is 39.0. The molecule has 0 unspecified atom stereocenters. The molecule has 5 rings (SSSR count). The molecule has 194 valence electrons. The number of aromatic amines is 1. The van der Waals surface area contributed by atoms with E-state index < -0.39 is 17.7 Å². The lowest BCUT2D eigenvalue weighted by Gasteiger charge is -2.32. The Kier molecular flexibility index (Phi) is 6.91. The highest BCUT2D eigenvalue weighted by Gasteiger charge is 2.43. The van der Waals surface area contributed by atoms with Crippen LogP contribution in [0.25, 0.3) is 21.8 Å². The van der Waals surface area contributed by atoms with Crippen molar-refractivity contribution < 1.29 is 22.8 Å². The molecule has 2 aromatic carbocycles. The summed E-state index contributed by atoms with van der Waals surface area (Å²) in [7, 11) is 0. The Morgan fingerprint density at radius 1 is 1.08 bits per heavy atom. The van der Waals surface area contributed by atoms with Gasteiger partial charge in [0.15, 0.2) is 5.82 Å².